The molecule has 2 aromatic carbocycles. The number of halogens is 1. The van der Waals surface area contributed by atoms with E-state index in [-0.39, 0.29) is 5.69 Å². The molecule has 0 saturated heterocycles. The van der Waals surface area contributed by atoms with Gasteiger partial charge in [-0.05, 0) is 24.6 Å². The van der Waals surface area contributed by atoms with E-state index in [0.29, 0.717) is 5.69 Å². The van der Waals surface area contributed by atoms with E-state index >= 15 is 0 Å². The molecule has 0 heterocycles. The number of rotatable bonds is 4. The average Bonchev–Trinajstić information content (AvgIpc) is 2.45. The summed E-state index contributed by atoms with van der Waals surface area (Å²) in [7, 11) is 0. The van der Waals surface area contributed by atoms with Crippen LogP contribution in [0.15, 0.2) is 58.1 Å². The first kappa shape index (κ1) is 14.2. The highest BCUT2D eigenvalue weighted by Gasteiger charge is 2.13. The van der Waals surface area contributed by atoms with Gasteiger partial charge in [0.15, 0.2) is 0 Å². The SMILES string of the molecule is CC(=NNc1cc(Br)ccc1[N+](=O)[O-])c1ccccc1. The van der Waals surface area contributed by atoms with Crippen molar-refractivity contribution in [1.82, 2.24) is 0 Å². The molecular formula is C14H12BrN3O2. The van der Waals surface area contributed by atoms with Crippen LogP contribution >= 0.6 is 15.9 Å². The van der Waals surface area contributed by atoms with Crippen LogP contribution < -0.4 is 5.43 Å². The average molecular weight is 334 g/mol. The Balaban J connectivity index is 2.26. The van der Waals surface area contributed by atoms with Crippen molar-refractivity contribution < 1.29 is 4.92 Å². The van der Waals surface area contributed by atoms with E-state index in [9.17, 15) is 10.1 Å². The lowest BCUT2D eigenvalue weighted by atomic mass is 10.1. The van der Waals surface area contributed by atoms with Gasteiger partial charge in [-0.25, -0.2) is 0 Å². The fraction of sp³-hybridized carbons (Fsp3) is 0.0714. The van der Waals surface area contributed by atoms with Crippen LogP contribution in [-0.4, -0.2) is 10.6 Å². The molecule has 0 amide bonds. The number of nitrogens with one attached hydrogen (secondary N) is 1. The van der Waals surface area contributed by atoms with Crippen molar-refractivity contribution >= 4 is 33.0 Å². The third-order valence-corrected chi connectivity index (χ3v) is 3.18. The van der Waals surface area contributed by atoms with Crippen LogP contribution in [0.3, 0.4) is 0 Å². The number of hydrogen-bond donors (Lipinski definition) is 1. The van der Waals surface area contributed by atoms with Gasteiger partial charge in [-0.3, -0.25) is 15.5 Å². The molecule has 5 nitrogen and oxygen atoms in total. The van der Waals surface area contributed by atoms with E-state index in [1.807, 2.05) is 37.3 Å². The van der Waals surface area contributed by atoms with E-state index in [4.69, 9.17) is 0 Å². The summed E-state index contributed by atoms with van der Waals surface area (Å²) in [6.07, 6.45) is 0. The Bertz CT molecular complexity index is 657. The van der Waals surface area contributed by atoms with Crippen molar-refractivity contribution in [3.63, 3.8) is 0 Å². The van der Waals surface area contributed by atoms with Crippen LogP contribution in [-0.2, 0) is 0 Å². The predicted molar refractivity (Wildman–Crippen MR) is 83.1 cm³/mol. The first-order chi connectivity index (χ1) is 9.58. The summed E-state index contributed by atoms with van der Waals surface area (Å²) in [6.45, 7) is 1.84. The maximum atomic E-state index is 10.9. The molecule has 0 aromatic heterocycles. The Labute approximate surface area is 124 Å². The summed E-state index contributed by atoms with van der Waals surface area (Å²) in [5.74, 6) is 0. The maximum absolute atomic E-state index is 10.9. The number of hydrazone groups is 1. The van der Waals surface area contributed by atoms with Gasteiger partial charge < -0.3 is 0 Å². The second-order valence-electron chi connectivity index (χ2n) is 4.09. The molecule has 0 fully saturated rings. The summed E-state index contributed by atoms with van der Waals surface area (Å²) >= 11 is 3.29. The van der Waals surface area contributed by atoms with Crippen molar-refractivity contribution in [1.29, 1.82) is 0 Å². The predicted octanol–water partition coefficient (Wildman–Crippen LogP) is 4.19. The molecule has 0 radical (unpaired) electrons. The van der Waals surface area contributed by atoms with E-state index in [2.05, 4.69) is 26.5 Å². The van der Waals surface area contributed by atoms with E-state index < -0.39 is 4.92 Å². The van der Waals surface area contributed by atoms with Gasteiger partial charge in [0.05, 0.1) is 10.6 Å². The molecule has 0 spiro atoms. The summed E-state index contributed by atoms with van der Waals surface area (Å²) in [5, 5.41) is 15.1. The number of benzene rings is 2. The number of hydrogen-bond acceptors (Lipinski definition) is 4. The summed E-state index contributed by atoms with van der Waals surface area (Å²) in [6, 6.07) is 14.3. The number of nitrogens with zero attached hydrogens (tertiary/aromatic N) is 2. The standard InChI is InChI=1S/C14H12BrN3O2/c1-10(11-5-3-2-4-6-11)16-17-13-9-12(15)7-8-14(13)18(19)20/h2-9,17H,1H3. The summed E-state index contributed by atoms with van der Waals surface area (Å²) in [4.78, 5) is 10.5. The van der Waals surface area contributed by atoms with Crippen LogP contribution in [0.5, 0.6) is 0 Å². The Morgan fingerprint density at radius 2 is 1.95 bits per heavy atom. The zero-order valence-corrected chi connectivity index (χ0v) is 12.3. The smallest absolute Gasteiger partial charge is 0.271 e. The van der Waals surface area contributed by atoms with Gasteiger partial charge >= 0.3 is 0 Å². The Morgan fingerprint density at radius 3 is 2.60 bits per heavy atom. The largest absolute Gasteiger partial charge is 0.294 e. The molecule has 0 unspecified atom stereocenters. The second-order valence-corrected chi connectivity index (χ2v) is 5.01. The first-order valence-corrected chi connectivity index (χ1v) is 6.67. The van der Waals surface area contributed by atoms with Crippen molar-refractivity contribution in [2.45, 2.75) is 6.92 Å². The molecule has 0 aliphatic carbocycles. The monoisotopic (exact) mass is 333 g/mol. The van der Waals surface area contributed by atoms with Gasteiger partial charge in [-0.1, -0.05) is 46.3 Å². The molecule has 0 bridgehead atoms. The molecule has 20 heavy (non-hydrogen) atoms. The lowest BCUT2D eigenvalue weighted by molar-refractivity contribution is -0.384. The lowest BCUT2D eigenvalue weighted by Crippen LogP contribution is -2.01. The maximum Gasteiger partial charge on any atom is 0.294 e. The molecule has 2 aromatic rings. The van der Waals surface area contributed by atoms with Crippen molar-refractivity contribution in [2.24, 2.45) is 5.10 Å². The highest BCUT2D eigenvalue weighted by molar-refractivity contribution is 9.10. The molecule has 0 atom stereocenters. The molecule has 102 valence electrons. The summed E-state index contributed by atoms with van der Waals surface area (Å²) < 4.78 is 0.748. The summed E-state index contributed by atoms with van der Waals surface area (Å²) in [5.41, 5.74) is 4.79. The number of nitro groups is 1. The third kappa shape index (κ3) is 3.42. The van der Waals surface area contributed by atoms with Crippen LogP contribution in [0.4, 0.5) is 11.4 Å². The van der Waals surface area contributed by atoms with E-state index in [1.165, 1.54) is 6.07 Å². The topological polar surface area (TPSA) is 67.5 Å². The minimum Gasteiger partial charge on any atom is -0.271 e. The van der Waals surface area contributed by atoms with E-state index in [0.717, 1.165) is 15.7 Å². The zero-order valence-electron chi connectivity index (χ0n) is 10.7. The quantitative estimate of drug-likeness (QED) is 0.518. The fourth-order valence-electron chi connectivity index (χ4n) is 1.65. The van der Waals surface area contributed by atoms with Gasteiger partial charge in [0, 0.05) is 10.5 Å². The molecule has 0 saturated carbocycles. The molecule has 0 aliphatic heterocycles. The van der Waals surface area contributed by atoms with Crippen molar-refractivity contribution in [3.05, 3.63) is 68.7 Å². The lowest BCUT2D eigenvalue weighted by Gasteiger charge is -2.05. The Kier molecular flexibility index (Phi) is 4.47. The van der Waals surface area contributed by atoms with Crippen LogP contribution in [0.25, 0.3) is 0 Å². The molecule has 0 aliphatic rings. The zero-order chi connectivity index (χ0) is 14.5. The number of anilines is 1. The molecular weight excluding hydrogens is 322 g/mol. The normalized spacial score (nSPS) is 11.2. The molecule has 2 rings (SSSR count). The third-order valence-electron chi connectivity index (χ3n) is 2.69. The first-order valence-electron chi connectivity index (χ1n) is 5.87. The van der Waals surface area contributed by atoms with Gasteiger partial charge in [-0.15, -0.1) is 0 Å². The minimum absolute atomic E-state index is 0.0159. The molecule has 1 N–H and O–H groups in total. The Morgan fingerprint density at radius 1 is 1.25 bits per heavy atom. The van der Waals surface area contributed by atoms with Crippen LogP contribution in [0.1, 0.15) is 12.5 Å². The van der Waals surface area contributed by atoms with Crippen LogP contribution in [0, 0.1) is 10.1 Å². The van der Waals surface area contributed by atoms with Gasteiger partial charge in [0.1, 0.15) is 5.69 Å². The van der Waals surface area contributed by atoms with Crippen molar-refractivity contribution in [2.75, 3.05) is 5.43 Å². The van der Waals surface area contributed by atoms with Crippen molar-refractivity contribution in [3.8, 4) is 0 Å². The second kappa shape index (κ2) is 6.29. The molecule has 6 heteroatoms. The Hall–Kier alpha value is -2.21. The minimum atomic E-state index is -0.442. The highest BCUT2D eigenvalue weighted by atomic mass is 79.9. The fourth-order valence-corrected chi connectivity index (χ4v) is 2.01. The van der Waals surface area contributed by atoms with Gasteiger partial charge in [0.25, 0.3) is 5.69 Å². The van der Waals surface area contributed by atoms with Crippen LogP contribution in [0.2, 0.25) is 0 Å². The van der Waals surface area contributed by atoms with Gasteiger partial charge in [-0.2, -0.15) is 5.10 Å². The van der Waals surface area contributed by atoms with E-state index in [1.54, 1.807) is 12.1 Å². The van der Waals surface area contributed by atoms with Gasteiger partial charge in [0.2, 0.25) is 0 Å². The number of nitro benzene ring substituents is 1. The highest BCUT2D eigenvalue weighted by Crippen LogP contribution is 2.27.